The lowest BCUT2D eigenvalue weighted by molar-refractivity contribution is 0.317. The number of hydrogen-bond acceptors (Lipinski definition) is 4. The van der Waals surface area contributed by atoms with Crippen LogP contribution >= 0.6 is 0 Å². The molecule has 2 aromatic heterocycles. The van der Waals surface area contributed by atoms with E-state index >= 15 is 0 Å². The van der Waals surface area contributed by atoms with Gasteiger partial charge in [-0.1, -0.05) is 30.3 Å². The zero-order valence-corrected chi connectivity index (χ0v) is 14.9. The first-order valence-corrected chi connectivity index (χ1v) is 9.00. The molecule has 6 heteroatoms. The Morgan fingerprint density at radius 3 is 2.88 bits per heavy atom. The lowest BCUT2D eigenvalue weighted by atomic mass is 10.0. The van der Waals surface area contributed by atoms with Crippen molar-refractivity contribution in [2.45, 2.75) is 32.4 Å². The van der Waals surface area contributed by atoms with Crippen LogP contribution in [0.1, 0.15) is 35.1 Å². The summed E-state index contributed by atoms with van der Waals surface area (Å²) in [6.45, 7) is 5.47. The molecule has 134 valence electrons. The molecular weight excluding hydrogens is 326 g/mol. The molecule has 0 saturated carbocycles. The predicted octanol–water partition coefficient (Wildman–Crippen LogP) is 2.31. The highest BCUT2D eigenvalue weighted by molar-refractivity contribution is 5.16. The molecule has 1 aliphatic rings. The summed E-state index contributed by atoms with van der Waals surface area (Å²) in [7, 11) is 0. The van der Waals surface area contributed by atoms with E-state index in [0.29, 0.717) is 11.7 Å². The molecule has 6 nitrogen and oxygen atoms in total. The summed E-state index contributed by atoms with van der Waals surface area (Å²) in [5, 5.41) is 0. The fourth-order valence-corrected chi connectivity index (χ4v) is 3.66. The molecule has 1 aromatic carbocycles. The molecule has 26 heavy (non-hydrogen) atoms. The van der Waals surface area contributed by atoms with E-state index in [0.717, 1.165) is 38.3 Å². The Morgan fingerprint density at radius 2 is 2.08 bits per heavy atom. The van der Waals surface area contributed by atoms with Gasteiger partial charge < -0.3 is 9.55 Å². The van der Waals surface area contributed by atoms with Gasteiger partial charge in [-0.2, -0.15) is 0 Å². The van der Waals surface area contributed by atoms with Gasteiger partial charge in [-0.15, -0.1) is 0 Å². The standard InChI is InChI=1S/C20H23N5O/c1-15-22-19(9-20(26)23-15)17-7-8-24(12-17)13-18-10-21-14-25(18)11-16-5-3-2-4-6-16/h2-6,9-10,14,17H,7-8,11-13H2,1H3,(H,22,23,26)/t17-/m0/s1. The molecule has 0 bridgehead atoms. The molecule has 1 saturated heterocycles. The number of hydrogen-bond donors (Lipinski definition) is 1. The number of aryl methyl sites for hydroxylation is 1. The van der Waals surface area contributed by atoms with Crippen molar-refractivity contribution in [2.24, 2.45) is 0 Å². The lowest BCUT2D eigenvalue weighted by Crippen LogP contribution is -2.22. The highest BCUT2D eigenvalue weighted by Gasteiger charge is 2.26. The fraction of sp³-hybridized carbons (Fsp3) is 0.350. The van der Waals surface area contributed by atoms with Gasteiger partial charge in [0.15, 0.2) is 0 Å². The van der Waals surface area contributed by atoms with Gasteiger partial charge in [0.25, 0.3) is 5.56 Å². The number of rotatable bonds is 5. The number of benzene rings is 1. The fourth-order valence-electron chi connectivity index (χ4n) is 3.66. The summed E-state index contributed by atoms with van der Waals surface area (Å²) in [5.41, 5.74) is 3.33. The SMILES string of the molecule is Cc1nc([C@H]2CCN(Cc3cncn3Cc3ccccc3)C2)cc(=O)[nH]1. The van der Waals surface area contributed by atoms with Crippen molar-refractivity contribution in [3.8, 4) is 0 Å². The Hall–Kier alpha value is -2.73. The first-order chi connectivity index (χ1) is 12.7. The second-order valence-corrected chi connectivity index (χ2v) is 6.97. The molecule has 0 amide bonds. The highest BCUT2D eigenvalue weighted by Crippen LogP contribution is 2.26. The quantitative estimate of drug-likeness (QED) is 0.768. The van der Waals surface area contributed by atoms with Gasteiger partial charge in [0.05, 0.1) is 17.7 Å². The minimum Gasteiger partial charge on any atom is -0.329 e. The van der Waals surface area contributed by atoms with Crippen molar-refractivity contribution in [1.82, 2.24) is 24.4 Å². The second kappa shape index (κ2) is 7.25. The van der Waals surface area contributed by atoms with Crippen LogP contribution in [0.15, 0.2) is 53.7 Å². The normalized spacial score (nSPS) is 17.7. The van der Waals surface area contributed by atoms with E-state index < -0.39 is 0 Å². The summed E-state index contributed by atoms with van der Waals surface area (Å²) < 4.78 is 2.21. The van der Waals surface area contributed by atoms with E-state index in [1.54, 1.807) is 6.07 Å². The van der Waals surface area contributed by atoms with Crippen molar-refractivity contribution in [3.63, 3.8) is 0 Å². The van der Waals surface area contributed by atoms with E-state index in [4.69, 9.17) is 0 Å². The van der Waals surface area contributed by atoms with E-state index in [9.17, 15) is 4.79 Å². The minimum absolute atomic E-state index is 0.0631. The zero-order valence-electron chi connectivity index (χ0n) is 14.9. The third kappa shape index (κ3) is 3.75. The van der Waals surface area contributed by atoms with Crippen molar-refractivity contribution >= 4 is 0 Å². The van der Waals surface area contributed by atoms with E-state index in [2.05, 4.69) is 48.7 Å². The van der Waals surface area contributed by atoms with Crippen LogP contribution in [0, 0.1) is 6.92 Å². The largest absolute Gasteiger partial charge is 0.329 e. The number of nitrogens with one attached hydrogen (secondary N) is 1. The van der Waals surface area contributed by atoms with Crippen LogP contribution in [0.5, 0.6) is 0 Å². The first-order valence-electron chi connectivity index (χ1n) is 9.00. The zero-order chi connectivity index (χ0) is 17.9. The molecule has 0 radical (unpaired) electrons. The number of imidazole rings is 1. The molecule has 3 heterocycles. The van der Waals surface area contributed by atoms with E-state index in [1.165, 1.54) is 11.3 Å². The van der Waals surface area contributed by atoms with Gasteiger partial charge in [0, 0.05) is 37.8 Å². The number of H-pyrrole nitrogens is 1. The van der Waals surface area contributed by atoms with Gasteiger partial charge in [-0.25, -0.2) is 9.97 Å². The third-order valence-corrected chi connectivity index (χ3v) is 4.95. The maximum Gasteiger partial charge on any atom is 0.251 e. The molecule has 1 fully saturated rings. The van der Waals surface area contributed by atoms with Crippen LogP contribution in [0.3, 0.4) is 0 Å². The number of likely N-dealkylation sites (tertiary alicyclic amines) is 1. The molecule has 4 rings (SSSR count). The summed E-state index contributed by atoms with van der Waals surface area (Å²) in [5.74, 6) is 1.01. The molecule has 1 N–H and O–H groups in total. The van der Waals surface area contributed by atoms with Crippen LogP contribution in [-0.2, 0) is 13.1 Å². The van der Waals surface area contributed by atoms with Crippen LogP contribution in [0.4, 0.5) is 0 Å². The number of nitrogens with zero attached hydrogens (tertiary/aromatic N) is 4. The van der Waals surface area contributed by atoms with Gasteiger partial charge >= 0.3 is 0 Å². The number of aromatic nitrogens is 4. The first kappa shape index (κ1) is 16.7. The summed E-state index contributed by atoms with van der Waals surface area (Å²) in [6, 6.07) is 12.1. The van der Waals surface area contributed by atoms with Crippen molar-refractivity contribution in [2.75, 3.05) is 13.1 Å². The van der Waals surface area contributed by atoms with Crippen molar-refractivity contribution < 1.29 is 0 Å². The molecule has 0 spiro atoms. The minimum atomic E-state index is -0.0631. The van der Waals surface area contributed by atoms with Crippen molar-refractivity contribution in [3.05, 3.63) is 82.1 Å². The maximum atomic E-state index is 11.7. The molecule has 0 aliphatic carbocycles. The average molecular weight is 349 g/mol. The lowest BCUT2D eigenvalue weighted by Gasteiger charge is -2.17. The Bertz CT molecular complexity index is 931. The monoisotopic (exact) mass is 349 g/mol. The smallest absolute Gasteiger partial charge is 0.251 e. The predicted molar refractivity (Wildman–Crippen MR) is 100 cm³/mol. The van der Waals surface area contributed by atoms with Gasteiger partial charge in [-0.3, -0.25) is 9.69 Å². The Morgan fingerprint density at radius 1 is 1.23 bits per heavy atom. The Kier molecular flexibility index (Phi) is 4.67. The summed E-state index contributed by atoms with van der Waals surface area (Å²) >= 11 is 0. The van der Waals surface area contributed by atoms with E-state index in [-0.39, 0.29) is 5.56 Å². The van der Waals surface area contributed by atoms with E-state index in [1.807, 2.05) is 25.5 Å². The van der Waals surface area contributed by atoms with Crippen LogP contribution in [-0.4, -0.2) is 37.5 Å². The Labute approximate surface area is 152 Å². The third-order valence-electron chi connectivity index (χ3n) is 4.95. The maximum absolute atomic E-state index is 11.7. The number of aromatic amines is 1. The Balaban J connectivity index is 1.43. The van der Waals surface area contributed by atoms with Gasteiger partial charge in [0.2, 0.25) is 0 Å². The van der Waals surface area contributed by atoms with Gasteiger partial charge in [-0.05, 0) is 25.5 Å². The average Bonchev–Trinajstić information content (AvgIpc) is 3.25. The molecular formula is C20H23N5O. The molecule has 1 atom stereocenters. The van der Waals surface area contributed by atoms with Crippen LogP contribution in [0.2, 0.25) is 0 Å². The van der Waals surface area contributed by atoms with Crippen LogP contribution in [0.25, 0.3) is 0 Å². The topological polar surface area (TPSA) is 66.8 Å². The summed E-state index contributed by atoms with van der Waals surface area (Å²) in [6.07, 6.45) is 4.88. The van der Waals surface area contributed by atoms with Gasteiger partial charge in [0.1, 0.15) is 5.82 Å². The highest BCUT2D eigenvalue weighted by atomic mass is 16.1. The molecule has 3 aromatic rings. The second-order valence-electron chi connectivity index (χ2n) is 6.97. The summed E-state index contributed by atoms with van der Waals surface area (Å²) in [4.78, 5) is 25.7. The molecule has 0 unspecified atom stereocenters. The van der Waals surface area contributed by atoms with Crippen LogP contribution < -0.4 is 5.56 Å². The van der Waals surface area contributed by atoms with Crippen molar-refractivity contribution in [1.29, 1.82) is 0 Å². The molecule has 1 aliphatic heterocycles.